The van der Waals surface area contributed by atoms with Gasteiger partial charge in [0.2, 0.25) is 0 Å². The van der Waals surface area contributed by atoms with Crippen molar-refractivity contribution in [3.63, 3.8) is 0 Å². The van der Waals surface area contributed by atoms with Gasteiger partial charge in [0, 0.05) is 47.0 Å². The minimum Gasteiger partial charge on any atom is -0.365 e. The normalized spacial score (nSPS) is 18.5. The number of carbonyl (C=O) groups excluding carboxylic acids is 2. The molecule has 0 N–H and O–H groups in total. The van der Waals surface area contributed by atoms with Gasteiger partial charge < -0.3 is 9.80 Å². The molecule has 5 nitrogen and oxygen atoms in total. The molecule has 212 valence electrons. The van der Waals surface area contributed by atoms with Gasteiger partial charge in [0.15, 0.2) is 5.78 Å². The average Bonchev–Trinajstić information content (AvgIpc) is 2.89. The van der Waals surface area contributed by atoms with E-state index in [1.165, 1.54) is 18.2 Å². The van der Waals surface area contributed by atoms with Crippen LogP contribution in [-0.4, -0.2) is 51.7 Å². The van der Waals surface area contributed by atoms with Gasteiger partial charge in [-0.1, -0.05) is 40.9 Å². The Morgan fingerprint density at radius 2 is 1.60 bits per heavy atom. The van der Waals surface area contributed by atoms with Crippen LogP contribution in [0.15, 0.2) is 65.6 Å². The summed E-state index contributed by atoms with van der Waals surface area (Å²) in [7, 11) is -1.96. The summed E-state index contributed by atoms with van der Waals surface area (Å²) >= 11 is 18.1. The monoisotopic (exact) mass is 630 g/mol. The van der Waals surface area contributed by atoms with E-state index in [0.717, 1.165) is 17.8 Å². The Kier molecular flexibility index (Phi) is 9.19. The molecule has 1 aliphatic rings. The Morgan fingerprint density at radius 1 is 0.900 bits per heavy atom. The summed E-state index contributed by atoms with van der Waals surface area (Å²) < 4.78 is 52.4. The second-order valence-electron chi connectivity index (χ2n) is 9.40. The first-order valence-corrected chi connectivity index (χ1v) is 14.6. The van der Waals surface area contributed by atoms with E-state index in [0.29, 0.717) is 29.7 Å². The predicted molar refractivity (Wildman–Crippen MR) is 152 cm³/mol. The van der Waals surface area contributed by atoms with Crippen molar-refractivity contribution in [3.8, 4) is 0 Å². The molecule has 12 heteroatoms. The zero-order valence-electron chi connectivity index (χ0n) is 21.3. The summed E-state index contributed by atoms with van der Waals surface area (Å²) in [6.07, 6.45) is -4.74. The van der Waals surface area contributed by atoms with E-state index < -0.39 is 39.1 Å². The lowest BCUT2D eigenvalue weighted by atomic mass is 10.0. The second-order valence-corrected chi connectivity index (χ2v) is 12.1. The number of hydrogen-bond donors (Lipinski definition) is 0. The van der Waals surface area contributed by atoms with Gasteiger partial charge in [-0.3, -0.25) is 13.8 Å². The van der Waals surface area contributed by atoms with Crippen LogP contribution in [0.25, 0.3) is 0 Å². The largest absolute Gasteiger partial charge is 0.417 e. The number of benzene rings is 3. The van der Waals surface area contributed by atoms with Gasteiger partial charge in [0.05, 0.1) is 37.1 Å². The van der Waals surface area contributed by atoms with Gasteiger partial charge in [-0.2, -0.15) is 13.2 Å². The van der Waals surface area contributed by atoms with Crippen LogP contribution in [-0.2, 0) is 17.0 Å². The molecule has 1 aliphatic heterocycles. The average molecular weight is 632 g/mol. The number of Topliss-reactive ketones (excluding diaryl/α,β-unsaturated/α-hetero) is 1. The van der Waals surface area contributed by atoms with Gasteiger partial charge in [-0.25, -0.2) is 0 Å². The number of ketones is 1. The van der Waals surface area contributed by atoms with E-state index in [2.05, 4.69) is 4.90 Å². The zero-order valence-corrected chi connectivity index (χ0v) is 24.4. The van der Waals surface area contributed by atoms with Crippen LogP contribution in [0.2, 0.25) is 15.1 Å². The van der Waals surface area contributed by atoms with Crippen LogP contribution in [0.3, 0.4) is 0 Å². The number of carbonyl (C=O) groups is 2. The molecule has 0 bridgehead atoms. The standard InChI is InChI=1S/C28H24Cl3F3N2O3S/c1-16-17(2)36(11-10-35(16)21-5-3-4-20(29)14-21)27(38)19-7-9-26(24(31)13-19)40(39)15-25(37)18-6-8-23(30)22(12-18)28(32,33)34/h3-9,12-14,16-17H,10-11,15H2,1-2H3. The van der Waals surface area contributed by atoms with Crippen molar-refractivity contribution in [1.29, 1.82) is 0 Å². The maximum Gasteiger partial charge on any atom is 0.417 e. The minimum atomic E-state index is -4.74. The van der Waals surface area contributed by atoms with Crippen molar-refractivity contribution in [2.45, 2.75) is 37.0 Å². The third-order valence-electron chi connectivity index (χ3n) is 6.94. The number of alkyl halides is 3. The van der Waals surface area contributed by atoms with Gasteiger partial charge >= 0.3 is 6.18 Å². The molecule has 3 aromatic rings. The molecule has 0 aliphatic carbocycles. The molecule has 1 amide bonds. The number of anilines is 1. The van der Waals surface area contributed by atoms with E-state index in [-0.39, 0.29) is 33.5 Å². The van der Waals surface area contributed by atoms with E-state index in [9.17, 15) is 27.0 Å². The Bertz CT molecular complexity index is 1480. The molecule has 1 fully saturated rings. The maximum absolute atomic E-state index is 13.4. The van der Waals surface area contributed by atoms with Gasteiger partial charge in [0.25, 0.3) is 5.91 Å². The molecular weight excluding hydrogens is 608 g/mol. The molecule has 1 saturated heterocycles. The molecular formula is C28H24Cl3F3N2O3S. The third kappa shape index (κ3) is 6.48. The van der Waals surface area contributed by atoms with Crippen LogP contribution >= 0.6 is 34.8 Å². The summed E-state index contributed by atoms with van der Waals surface area (Å²) in [6, 6.07) is 14.4. The lowest BCUT2D eigenvalue weighted by molar-refractivity contribution is -0.137. The molecule has 3 unspecified atom stereocenters. The Hall–Kier alpha value is -2.59. The van der Waals surface area contributed by atoms with Crippen molar-refractivity contribution in [2.24, 2.45) is 0 Å². The van der Waals surface area contributed by atoms with Gasteiger partial charge in [-0.05, 0) is 68.4 Å². The first-order chi connectivity index (χ1) is 18.8. The van der Waals surface area contributed by atoms with Crippen molar-refractivity contribution < 1.29 is 27.0 Å². The summed E-state index contributed by atoms with van der Waals surface area (Å²) in [4.78, 5) is 30.0. The van der Waals surface area contributed by atoms with Crippen molar-refractivity contribution >= 4 is 63.0 Å². The summed E-state index contributed by atoms with van der Waals surface area (Å²) in [6.45, 7) is 5.03. The zero-order chi connectivity index (χ0) is 29.4. The molecule has 3 aromatic carbocycles. The van der Waals surface area contributed by atoms with Crippen LogP contribution in [0.5, 0.6) is 0 Å². The van der Waals surface area contributed by atoms with E-state index in [1.54, 1.807) is 11.0 Å². The summed E-state index contributed by atoms with van der Waals surface area (Å²) in [5, 5.41) is 0.106. The predicted octanol–water partition coefficient (Wildman–Crippen LogP) is 7.40. The number of amides is 1. The molecule has 0 radical (unpaired) electrons. The third-order valence-corrected chi connectivity index (χ3v) is 9.30. The molecule has 4 rings (SSSR count). The number of piperazine rings is 1. The van der Waals surface area contributed by atoms with Gasteiger partial charge in [0.1, 0.15) is 0 Å². The Labute approximate surface area is 247 Å². The van der Waals surface area contributed by atoms with Crippen LogP contribution in [0.4, 0.5) is 18.9 Å². The molecule has 0 spiro atoms. The maximum atomic E-state index is 13.4. The first-order valence-electron chi connectivity index (χ1n) is 12.2. The molecule has 1 heterocycles. The highest BCUT2D eigenvalue weighted by Crippen LogP contribution is 2.35. The van der Waals surface area contributed by atoms with E-state index >= 15 is 0 Å². The fourth-order valence-corrected chi connectivity index (χ4v) is 6.53. The molecule has 40 heavy (non-hydrogen) atoms. The van der Waals surface area contributed by atoms with E-state index in [4.69, 9.17) is 34.8 Å². The summed E-state index contributed by atoms with van der Waals surface area (Å²) in [5.41, 5.74) is -0.159. The second kappa shape index (κ2) is 12.1. The summed E-state index contributed by atoms with van der Waals surface area (Å²) in [5.74, 6) is -1.61. The van der Waals surface area contributed by atoms with E-state index in [1.807, 2.05) is 32.0 Å². The van der Waals surface area contributed by atoms with Crippen LogP contribution in [0, 0.1) is 0 Å². The Morgan fingerprint density at radius 3 is 2.25 bits per heavy atom. The molecule has 0 saturated carbocycles. The van der Waals surface area contributed by atoms with Crippen molar-refractivity contribution in [3.05, 3.63) is 92.4 Å². The lowest BCUT2D eigenvalue weighted by Crippen LogP contribution is -2.59. The van der Waals surface area contributed by atoms with Crippen LogP contribution in [0.1, 0.15) is 40.1 Å². The highest BCUT2D eigenvalue weighted by molar-refractivity contribution is 7.86. The number of rotatable bonds is 6. The van der Waals surface area contributed by atoms with Crippen LogP contribution < -0.4 is 4.90 Å². The fraction of sp³-hybridized carbons (Fsp3) is 0.286. The fourth-order valence-electron chi connectivity index (χ4n) is 4.63. The quantitative estimate of drug-likeness (QED) is 0.266. The highest BCUT2D eigenvalue weighted by Gasteiger charge is 2.35. The number of halogens is 6. The first kappa shape index (κ1) is 30.4. The molecule has 3 atom stereocenters. The lowest BCUT2D eigenvalue weighted by Gasteiger charge is -2.46. The smallest absolute Gasteiger partial charge is 0.365 e. The van der Waals surface area contributed by atoms with Crippen molar-refractivity contribution in [2.75, 3.05) is 23.7 Å². The number of hydrogen-bond acceptors (Lipinski definition) is 4. The molecule has 0 aromatic heterocycles. The highest BCUT2D eigenvalue weighted by atomic mass is 35.5. The van der Waals surface area contributed by atoms with Gasteiger partial charge in [-0.15, -0.1) is 0 Å². The number of nitrogens with zero attached hydrogens (tertiary/aromatic N) is 2. The van der Waals surface area contributed by atoms with Crippen molar-refractivity contribution in [1.82, 2.24) is 4.90 Å². The minimum absolute atomic E-state index is 0.00448. The SMILES string of the molecule is CC1C(C)N(c2cccc(Cl)c2)CCN1C(=O)c1ccc(S(=O)CC(=O)c2ccc(Cl)c(C(F)(F)F)c2)c(Cl)c1. The topological polar surface area (TPSA) is 57.7 Å². The Balaban J connectivity index is 1.46.